The second-order valence-corrected chi connectivity index (χ2v) is 5.51. The smallest absolute Gasteiger partial charge is 0.269 e. The number of amides is 2. The van der Waals surface area contributed by atoms with Crippen molar-refractivity contribution in [3.63, 3.8) is 0 Å². The molecule has 0 saturated heterocycles. The van der Waals surface area contributed by atoms with Crippen LogP contribution >= 0.6 is 23.2 Å². The van der Waals surface area contributed by atoms with E-state index in [0.717, 1.165) is 0 Å². The SMILES string of the molecule is C=CC(=O)NCCCCN(O)C(=O)/C=C/c1ccc(Cl)cc1Cl. The van der Waals surface area contributed by atoms with Crippen LogP contribution in [0.5, 0.6) is 0 Å². The molecule has 0 aliphatic heterocycles. The summed E-state index contributed by atoms with van der Waals surface area (Å²) in [6, 6.07) is 4.91. The molecule has 0 fully saturated rings. The van der Waals surface area contributed by atoms with Crippen LogP contribution in [0.2, 0.25) is 10.0 Å². The van der Waals surface area contributed by atoms with Crippen molar-refractivity contribution in [1.82, 2.24) is 10.4 Å². The van der Waals surface area contributed by atoms with Crippen LogP contribution in [-0.4, -0.2) is 35.2 Å². The quantitative estimate of drug-likeness (QED) is 0.325. The van der Waals surface area contributed by atoms with Gasteiger partial charge in [-0.15, -0.1) is 0 Å². The average molecular weight is 357 g/mol. The molecule has 0 aliphatic rings. The van der Waals surface area contributed by atoms with Crippen LogP contribution < -0.4 is 5.32 Å². The van der Waals surface area contributed by atoms with E-state index in [4.69, 9.17) is 23.2 Å². The molecule has 1 aromatic carbocycles. The zero-order valence-electron chi connectivity index (χ0n) is 12.5. The number of nitrogens with one attached hydrogen (secondary N) is 1. The van der Waals surface area contributed by atoms with Gasteiger partial charge in [0.25, 0.3) is 5.91 Å². The number of nitrogens with zero attached hydrogens (tertiary/aromatic N) is 1. The number of hydrogen-bond acceptors (Lipinski definition) is 3. The van der Waals surface area contributed by atoms with E-state index >= 15 is 0 Å². The van der Waals surface area contributed by atoms with Crippen LogP contribution in [0.4, 0.5) is 0 Å². The minimum atomic E-state index is -0.550. The average Bonchev–Trinajstić information content (AvgIpc) is 2.52. The summed E-state index contributed by atoms with van der Waals surface area (Å²) in [4.78, 5) is 22.7. The summed E-state index contributed by atoms with van der Waals surface area (Å²) in [6.07, 6.45) is 5.11. The van der Waals surface area contributed by atoms with Crippen molar-refractivity contribution >= 4 is 41.1 Å². The summed E-state index contributed by atoms with van der Waals surface area (Å²) < 4.78 is 0. The fraction of sp³-hybridized carbons (Fsp3) is 0.250. The van der Waals surface area contributed by atoms with Gasteiger partial charge in [0.2, 0.25) is 5.91 Å². The van der Waals surface area contributed by atoms with Gasteiger partial charge in [-0.3, -0.25) is 14.8 Å². The second-order valence-electron chi connectivity index (χ2n) is 4.66. The van der Waals surface area contributed by atoms with E-state index in [1.54, 1.807) is 18.2 Å². The highest BCUT2D eigenvalue weighted by Gasteiger charge is 2.07. The van der Waals surface area contributed by atoms with Crippen molar-refractivity contribution in [2.24, 2.45) is 0 Å². The summed E-state index contributed by atoms with van der Waals surface area (Å²) in [5, 5.41) is 13.8. The Morgan fingerprint density at radius 3 is 2.70 bits per heavy atom. The predicted octanol–water partition coefficient (Wildman–Crippen LogP) is 3.31. The summed E-state index contributed by atoms with van der Waals surface area (Å²) in [7, 11) is 0. The molecule has 0 radical (unpaired) electrons. The standard InChI is InChI=1S/C16H18Cl2N2O3/c1-2-15(21)19-9-3-4-10-20(23)16(22)8-6-12-5-7-13(17)11-14(12)18/h2,5-8,11,23H,1,3-4,9-10H2,(H,19,21)/b8-6+. The number of benzene rings is 1. The van der Waals surface area contributed by atoms with Crippen LogP contribution in [0.25, 0.3) is 6.08 Å². The van der Waals surface area contributed by atoms with E-state index in [1.807, 2.05) is 0 Å². The Balaban J connectivity index is 2.37. The van der Waals surface area contributed by atoms with Gasteiger partial charge < -0.3 is 5.32 Å². The minimum Gasteiger partial charge on any atom is -0.353 e. The zero-order valence-corrected chi connectivity index (χ0v) is 14.0. The largest absolute Gasteiger partial charge is 0.353 e. The normalized spacial score (nSPS) is 10.6. The van der Waals surface area contributed by atoms with E-state index in [-0.39, 0.29) is 12.5 Å². The van der Waals surface area contributed by atoms with Gasteiger partial charge in [0.05, 0.1) is 0 Å². The molecule has 0 atom stereocenters. The third kappa shape index (κ3) is 7.32. The molecule has 0 unspecified atom stereocenters. The second kappa shape index (κ2) is 10.0. The lowest BCUT2D eigenvalue weighted by molar-refractivity contribution is -0.159. The summed E-state index contributed by atoms with van der Waals surface area (Å²) in [6.45, 7) is 3.97. The lowest BCUT2D eigenvalue weighted by Gasteiger charge is -2.12. The lowest BCUT2D eigenvalue weighted by Crippen LogP contribution is -2.28. The predicted molar refractivity (Wildman–Crippen MR) is 91.4 cm³/mol. The fourth-order valence-corrected chi connectivity index (χ4v) is 2.14. The van der Waals surface area contributed by atoms with Gasteiger partial charge in [0.15, 0.2) is 0 Å². The van der Waals surface area contributed by atoms with Gasteiger partial charge >= 0.3 is 0 Å². The first-order valence-electron chi connectivity index (χ1n) is 6.98. The molecule has 23 heavy (non-hydrogen) atoms. The minimum absolute atomic E-state index is 0.168. The molecule has 0 aliphatic carbocycles. The van der Waals surface area contributed by atoms with E-state index in [1.165, 1.54) is 18.2 Å². The lowest BCUT2D eigenvalue weighted by atomic mass is 10.2. The Labute approximate surface area is 145 Å². The van der Waals surface area contributed by atoms with Crippen LogP contribution in [0.1, 0.15) is 18.4 Å². The molecule has 1 rings (SSSR count). The number of hydroxylamine groups is 2. The molecular formula is C16H18Cl2N2O3. The molecule has 0 spiro atoms. The Bertz CT molecular complexity index is 603. The Kier molecular flexibility index (Phi) is 8.40. The molecule has 0 saturated carbocycles. The molecule has 124 valence electrons. The van der Waals surface area contributed by atoms with Crippen molar-refractivity contribution in [3.8, 4) is 0 Å². The van der Waals surface area contributed by atoms with Crippen LogP contribution in [0, 0.1) is 0 Å². The van der Waals surface area contributed by atoms with Gasteiger partial charge in [0.1, 0.15) is 0 Å². The van der Waals surface area contributed by atoms with Crippen molar-refractivity contribution in [2.45, 2.75) is 12.8 Å². The number of rotatable bonds is 8. The van der Waals surface area contributed by atoms with Gasteiger partial charge in [-0.25, -0.2) is 5.06 Å². The van der Waals surface area contributed by atoms with E-state index in [9.17, 15) is 14.8 Å². The van der Waals surface area contributed by atoms with Crippen LogP contribution in [-0.2, 0) is 9.59 Å². The maximum atomic E-state index is 11.7. The molecule has 7 heteroatoms. The number of halogens is 2. The van der Waals surface area contributed by atoms with Crippen LogP contribution in [0.15, 0.2) is 36.9 Å². The first-order chi connectivity index (χ1) is 10.9. The van der Waals surface area contributed by atoms with Crippen molar-refractivity contribution in [2.75, 3.05) is 13.1 Å². The van der Waals surface area contributed by atoms with Gasteiger partial charge in [-0.1, -0.05) is 35.8 Å². The third-order valence-electron chi connectivity index (χ3n) is 2.90. The zero-order chi connectivity index (χ0) is 17.2. The molecular weight excluding hydrogens is 339 g/mol. The molecule has 1 aromatic rings. The fourth-order valence-electron chi connectivity index (χ4n) is 1.66. The molecule has 0 heterocycles. The highest BCUT2D eigenvalue weighted by Crippen LogP contribution is 2.21. The van der Waals surface area contributed by atoms with Crippen molar-refractivity contribution in [1.29, 1.82) is 0 Å². The topological polar surface area (TPSA) is 69.6 Å². The molecule has 0 bridgehead atoms. The summed E-state index contributed by atoms with van der Waals surface area (Å²) in [5.41, 5.74) is 0.630. The maximum Gasteiger partial charge on any atom is 0.269 e. The van der Waals surface area contributed by atoms with E-state index < -0.39 is 5.91 Å². The first kappa shape index (κ1) is 19.2. The number of carbonyl (C=O) groups is 2. The number of unbranched alkanes of at least 4 members (excludes halogenated alkanes) is 1. The Morgan fingerprint density at radius 2 is 2.04 bits per heavy atom. The highest BCUT2D eigenvalue weighted by molar-refractivity contribution is 6.35. The molecule has 2 N–H and O–H groups in total. The maximum absolute atomic E-state index is 11.7. The van der Waals surface area contributed by atoms with Gasteiger partial charge in [0, 0.05) is 29.2 Å². The Hall–Kier alpha value is -1.82. The third-order valence-corrected chi connectivity index (χ3v) is 3.47. The van der Waals surface area contributed by atoms with Crippen LogP contribution in [0.3, 0.4) is 0 Å². The Morgan fingerprint density at radius 1 is 1.30 bits per heavy atom. The molecule has 2 amide bonds. The van der Waals surface area contributed by atoms with Gasteiger partial charge in [-0.2, -0.15) is 0 Å². The first-order valence-corrected chi connectivity index (χ1v) is 7.73. The monoisotopic (exact) mass is 356 g/mol. The number of hydrogen-bond donors (Lipinski definition) is 2. The molecule has 5 nitrogen and oxygen atoms in total. The van der Waals surface area contributed by atoms with Crippen molar-refractivity contribution < 1.29 is 14.8 Å². The summed E-state index contributed by atoms with van der Waals surface area (Å²) >= 11 is 11.8. The molecule has 0 aromatic heterocycles. The van der Waals surface area contributed by atoms with Crippen molar-refractivity contribution in [3.05, 3.63) is 52.5 Å². The van der Waals surface area contributed by atoms with Gasteiger partial charge in [-0.05, 0) is 42.7 Å². The summed E-state index contributed by atoms with van der Waals surface area (Å²) in [5.74, 6) is -0.796. The van der Waals surface area contributed by atoms with E-state index in [0.29, 0.717) is 40.1 Å². The number of carbonyl (C=O) groups excluding carboxylic acids is 2. The van der Waals surface area contributed by atoms with E-state index in [2.05, 4.69) is 11.9 Å². The highest BCUT2D eigenvalue weighted by atomic mass is 35.5.